The zero-order valence-electron chi connectivity index (χ0n) is 9.33. The van der Waals surface area contributed by atoms with E-state index in [1.54, 1.807) is 0 Å². The molecule has 0 aliphatic heterocycles. The van der Waals surface area contributed by atoms with Crippen molar-refractivity contribution in [2.45, 2.75) is 13.3 Å². The number of rotatable bonds is 5. The van der Waals surface area contributed by atoms with Crippen LogP contribution in [0.2, 0.25) is 0 Å². The molecule has 0 aliphatic rings. The molecule has 1 aromatic carbocycles. The van der Waals surface area contributed by atoms with Crippen LogP contribution in [0.1, 0.15) is 13.3 Å². The molecule has 0 heterocycles. The standard InChI is InChI=1S/C11H13FN2O3/c1-8(15)17-7-6-11(16)14-13-10-4-2-9(12)3-5-10/h2-5,13H,6-7H2,1H3,(H,14,16). The van der Waals surface area contributed by atoms with Gasteiger partial charge < -0.3 is 4.74 Å². The highest BCUT2D eigenvalue weighted by atomic mass is 19.1. The van der Waals surface area contributed by atoms with Crippen molar-refractivity contribution >= 4 is 17.6 Å². The third-order valence-corrected chi connectivity index (χ3v) is 1.82. The molecule has 0 spiro atoms. The van der Waals surface area contributed by atoms with Gasteiger partial charge in [0.1, 0.15) is 12.4 Å². The van der Waals surface area contributed by atoms with E-state index in [9.17, 15) is 14.0 Å². The minimum Gasteiger partial charge on any atom is -0.465 e. The number of hydrazine groups is 1. The number of hydrogen-bond acceptors (Lipinski definition) is 4. The van der Waals surface area contributed by atoms with Gasteiger partial charge >= 0.3 is 5.97 Å². The summed E-state index contributed by atoms with van der Waals surface area (Å²) in [5.41, 5.74) is 5.55. The third-order valence-electron chi connectivity index (χ3n) is 1.82. The van der Waals surface area contributed by atoms with E-state index in [1.807, 2.05) is 0 Å². The minimum atomic E-state index is -0.427. The molecule has 0 aliphatic carbocycles. The molecule has 17 heavy (non-hydrogen) atoms. The first-order valence-corrected chi connectivity index (χ1v) is 5.01. The van der Waals surface area contributed by atoms with Gasteiger partial charge in [0.25, 0.3) is 0 Å². The van der Waals surface area contributed by atoms with Crippen molar-refractivity contribution in [1.29, 1.82) is 0 Å². The number of carbonyl (C=O) groups excluding carboxylic acids is 2. The molecular formula is C11H13FN2O3. The second-order valence-corrected chi connectivity index (χ2v) is 3.27. The summed E-state index contributed by atoms with van der Waals surface area (Å²) < 4.78 is 17.2. The van der Waals surface area contributed by atoms with E-state index in [-0.39, 0.29) is 24.8 Å². The van der Waals surface area contributed by atoms with E-state index in [0.29, 0.717) is 5.69 Å². The summed E-state index contributed by atoms with van der Waals surface area (Å²) >= 11 is 0. The number of carbonyl (C=O) groups is 2. The van der Waals surface area contributed by atoms with Crippen molar-refractivity contribution in [2.75, 3.05) is 12.0 Å². The number of nitrogens with one attached hydrogen (secondary N) is 2. The lowest BCUT2D eigenvalue weighted by Gasteiger charge is -2.08. The van der Waals surface area contributed by atoms with Crippen LogP contribution in [0.5, 0.6) is 0 Å². The molecule has 0 radical (unpaired) electrons. The molecule has 1 amide bonds. The average Bonchev–Trinajstić information content (AvgIpc) is 2.28. The van der Waals surface area contributed by atoms with Crippen LogP contribution in [0.25, 0.3) is 0 Å². The van der Waals surface area contributed by atoms with E-state index in [4.69, 9.17) is 0 Å². The summed E-state index contributed by atoms with van der Waals surface area (Å²) in [7, 11) is 0. The van der Waals surface area contributed by atoms with Crippen LogP contribution >= 0.6 is 0 Å². The zero-order valence-corrected chi connectivity index (χ0v) is 9.33. The highest BCUT2D eigenvalue weighted by Crippen LogP contribution is 2.06. The maximum absolute atomic E-state index is 12.6. The molecule has 0 bridgehead atoms. The first-order chi connectivity index (χ1) is 8.08. The van der Waals surface area contributed by atoms with Crippen LogP contribution in [0.3, 0.4) is 0 Å². The molecule has 0 saturated carbocycles. The monoisotopic (exact) mass is 240 g/mol. The van der Waals surface area contributed by atoms with E-state index in [1.165, 1.54) is 31.2 Å². The van der Waals surface area contributed by atoms with Gasteiger partial charge in [0, 0.05) is 6.92 Å². The van der Waals surface area contributed by atoms with Crippen LogP contribution in [-0.4, -0.2) is 18.5 Å². The van der Waals surface area contributed by atoms with E-state index in [2.05, 4.69) is 15.6 Å². The number of halogens is 1. The van der Waals surface area contributed by atoms with Crippen LogP contribution in [0.4, 0.5) is 10.1 Å². The van der Waals surface area contributed by atoms with Crippen molar-refractivity contribution in [1.82, 2.24) is 5.43 Å². The summed E-state index contributed by atoms with van der Waals surface area (Å²) in [6.07, 6.45) is 0.0633. The van der Waals surface area contributed by atoms with Crippen LogP contribution in [0.15, 0.2) is 24.3 Å². The van der Waals surface area contributed by atoms with E-state index >= 15 is 0 Å². The zero-order chi connectivity index (χ0) is 12.7. The van der Waals surface area contributed by atoms with Gasteiger partial charge in [-0.25, -0.2) is 4.39 Å². The maximum Gasteiger partial charge on any atom is 0.302 e. The molecule has 0 fully saturated rings. The third kappa shape index (κ3) is 5.50. The van der Waals surface area contributed by atoms with Crippen LogP contribution < -0.4 is 10.9 Å². The smallest absolute Gasteiger partial charge is 0.302 e. The number of benzene rings is 1. The Hall–Kier alpha value is -2.11. The van der Waals surface area contributed by atoms with Gasteiger partial charge in [-0.15, -0.1) is 0 Å². The quantitative estimate of drug-likeness (QED) is 0.600. The highest BCUT2D eigenvalue weighted by molar-refractivity contribution is 5.77. The highest BCUT2D eigenvalue weighted by Gasteiger charge is 2.02. The lowest BCUT2D eigenvalue weighted by Crippen LogP contribution is -2.30. The lowest BCUT2D eigenvalue weighted by atomic mass is 10.3. The Morgan fingerprint density at radius 1 is 1.29 bits per heavy atom. The molecule has 5 nitrogen and oxygen atoms in total. The molecule has 2 N–H and O–H groups in total. The number of hydrogen-bond donors (Lipinski definition) is 2. The fourth-order valence-corrected chi connectivity index (χ4v) is 1.03. The van der Waals surface area contributed by atoms with Crippen LogP contribution in [-0.2, 0) is 14.3 Å². The Balaban J connectivity index is 2.23. The van der Waals surface area contributed by atoms with Gasteiger partial charge in [-0.05, 0) is 24.3 Å². The predicted octanol–water partition coefficient (Wildman–Crippen LogP) is 1.22. The molecule has 0 unspecified atom stereocenters. The van der Waals surface area contributed by atoms with E-state index in [0.717, 1.165) is 0 Å². The molecule has 0 atom stereocenters. The molecule has 1 rings (SSSR count). The van der Waals surface area contributed by atoms with Gasteiger partial charge in [0.05, 0.1) is 12.1 Å². The molecule has 92 valence electrons. The fourth-order valence-electron chi connectivity index (χ4n) is 1.03. The Labute approximate surface area is 97.9 Å². The molecule has 0 saturated heterocycles. The van der Waals surface area contributed by atoms with Crippen LogP contribution in [0, 0.1) is 5.82 Å². The molecular weight excluding hydrogens is 227 g/mol. The summed E-state index contributed by atoms with van der Waals surface area (Å²) in [5.74, 6) is -1.10. The number of ether oxygens (including phenoxy) is 1. The number of anilines is 1. The molecule has 1 aromatic rings. The summed E-state index contributed by atoms with van der Waals surface area (Å²) in [6, 6.07) is 5.52. The summed E-state index contributed by atoms with van der Waals surface area (Å²) in [6.45, 7) is 1.31. The topological polar surface area (TPSA) is 67.4 Å². The number of amides is 1. The average molecular weight is 240 g/mol. The molecule has 6 heteroatoms. The Morgan fingerprint density at radius 2 is 1.94 bits per heavy atom. The maximum atomic E-state index is 12.6. The van der Waals surface area contributed by atoms with Gasteiger partial charge in [0.15, 0.2) is 0 Å². The predicted molar refractivity (Wildman–Crippen MR) is 59.4 cm³/mol. The van der Waals surface area contributed by atoms with Crippen molar-refractivity contribution in [3.05, 3.63) is 30.1 Å². The molecule has 0 aromatic heterocycles. The van der Waals surface area contributed by atoms with Gasteiger partial charge in [-0.1, -0.05) is 0 Å². The van der Waals surface area contributed by atoms with Crippen molar-refractivity contribution in [3.8, 4) is 0 Å². The fraction of sp³-hybridized carbons (Fsp3) is 0.273. The Morgan fingerprint density at radius 3 is 2.53 bits per heavy atom. The first-order valence-electron chi connectivity index (χ1n) is 5.01. The minimum absolute atomic E-state index is 0.0340. The normalized spacial score (nSPS) is 9.53. The van der Waals surface area contributed by atoms with Gasteiger partial charge in [-0.3, -0.25) is 20.4 Å². The number of esters is 1. The van der Waals surface area contributed by atoms with Crippen molar-refractivity contribution in [3.63, 3.8) is 0 Å². The lowest BCUT2D eigenvalue weighted by molar-refractivity contribution is -0.141. The summed E-state index contributed by atoms with van der Waals surface area (Å²) in [4.78, 5) is 21.7. The second kappa shape index (κ2) is 6.47. The second-order valence-electron chi connectivity index (χ2n) is 3.27. The van der Waals surface area contributed by atoms with Crippen molar-refractivity contribution in [2.24, 2.45) is 0 Å². The Kier molecular flexibility index (Phi) is 4.93. The van der Waals surface area contributed by atoms with Crippen molar-refractivity contribution < 1.29 is 18.7 Å². The van der Waals surface area contributed by atoms with Gasteiger partial charge in [-0.2, -0.15) is 0 Å². The van der Waals surface area contributed by atoms with E-state index < -0.39 is 5.97 Å². The first kappa shape index (κ1) is 13.0. The SMILES string of the molecule is CC(=O)OCCC(=O)NNc1ccc(F)cc1. The Bertz CT molecular complexity index is 392. The largest absolute Gasteiger partial charge is 0.465 e. The summed E-state index contributed by atoms with van der Waals surface area (Å²) in [5, 5.41) is 0. The van der Waals surface area contributed by atoms with Gasteiger partial charge in [0.2, 0.25) is 5.91 Å².